The number of carbonyl (C=O) groups is 2. The molecule has 0 atom stereocenters. The summed E-state index contributed by atoms with van der Waals surface area (Å²) in [6.45, 7) is 3.85. The predicted molar refractivity (Wildman–Crippen MR) is 112 cm³/mol. The molecule has 0 saturated heterocycles. The summed E-state index contributed by atoms with van der Waals surface area (Å²) in [5.41, 5.74) is 4.22. The first-order valence-corrected chi connectivity index (χ1v) is 9.97. The molecule has 1 aliphatic carbocycles. The van der Waals surface area contributed by atoms with Crippen LogP contribution in [0.25, 0.3) is 16.9 Å². The van der Waals surface area contributed by atoms with Crippen LogP contribution in [-0.2, 0) is 15.9 Å². The number of nitriles is 1. The molecule has 8 nitrogen and oxygen atoms in total. The molecule has 0 N–H and O–H groups in total. The minimum atomic E-state index is -0.618. The highest BCUT2D eigenvalue weighted by molar-refractivity contribution is 6.03. The van der Waals surface area contributed by atoms with Gasteiger partial charge >= 0.3 is 11.9 Å². The van der Waals surface area contributed by atoms with Crippen molar-refractivity contribution in [3.8, 4) is 11.8 Å². The number of fused-ring (bicyclic) bond motifs is 1. The summed E-state index contributed by atoms with van der Waals surface area (Å²) >= 11 is 0. The number of rotatable bonds is 5. The third-order valence-electron chi connectivity index (χ3n) is 5.39. The lowest BCUT2D eigenvalue weighted by atomic mass is 10.00. The van der Waals surface area contributed by atoms with Gasteiger partial charge in [-0.25, -0.2) is 19.6 Å². The first-order valence-electron chi connectivity index (χ1n) is 9.97. The molecule has 1 saturated carbocycles. The molecule has 0 bridgehead atoms. The zero-order chi connectivity index (χ0) is 22.3. The summed E-state index contributed by atoms with van der Waals surface area (Å²) in [4.78, 5) is 35.2. The number of benzene rings is 1. The van der Waals surface area contributed by atoms with Gasteiger partial charge in [-0.3, -0.25) is 4.57 Å². The van der Waals surface area contributed by atoms with Crippen LogP contribution < -0.4 is 0 Å². The van der Waals surface area contributed by atoms with Crippen molar-refractivity contribution in [1.82, 2.24) is 14.5 Å². The average Bonchev–Trinajstić information content (AvgIpc) is 3.53. The van der Waals surface area contributed by atoms with Crippen LogP contribution in [0.3, 0.4) is 0 Å². The van der Waals surface area contributed by atoms with Gasteiger partial charge in [0.2, 0.25) is 0 Å². The molecule has 0 radical (unpaired) electrons. The maximum Gasteiger partial charge on any atom is 0.340 e. The Morgan fingerprint density at radius 3 is 2.23 bits per heavy atom. The Morgan fingerprint density at radius 1 is 1.10 bits per heavy atom. The van der Waals surface area contributed by atoms with E-state index in [0.29, 0.717) is 16.9 Å². The number of methoxy groups -OCH3 is 2. The van der Waals surface area contributed by atoms with Crippen LogP contribution in [0.4, 0.5) is 0 Å². The second-order valence-corrected chi connectivity index (χ2v) is 7.69. The number of aromatic nitrogens is 3. The first kappa shape index (κ1) is 20.5. The Labute approximate surface area is 179 Å². The predicted octanol–water partition coefficient (Wildman–Crippen LogP) is 3.55. The van der Waals surface area contributed by atoms with Gasteiger partial charge in [0.1, 0.15) is 11.3 Å². The van der Waals surface area contributed by atoms with Crippen LogP contribution in [0, 0.1) is 25.2 Å². The van der Waals surface area contributed by atoms with E-state index < -0.39 is 11.9 Å². The second-order valence-electron chi connectivity index (χ2n) is 7.69. The molecule has 0 amide bonds. The highest BCUT2D eigenvalue weighted by atomic mass is 16.5. The highest BCUT2D eigenvalue weighted by Crippen LogP contribution is 2.43. The Morgan fingerprint density at radius 2 is 1.71 bits per heavy atom. The van der Waals surface area contributed by atoms with Crippen molar-refractivity contribution < 1.29 is 19.1 Å². The van der Waals surface area contributed by atoms with Gasteiger partial charge < -0.3 is 9.47 Å². The van der Waals surface area contributed by atoms with Gasteiger partial charge in [-0.1, -0.05) is 0 Å². The number of ether oxygens (including phenoxy) is 2. The fourth-order valence-corrected chi connectivity index (χ4v) is 3.87. The van der Waals surface area contributed by atoms with E-state index in [1.54, 1.807) is 16.7 Å². The van der Waals surface area contributed by atoms with E-state index in [1.165, 1.54) is 14.2 Å². The van der Waals surface area contributed by atoms with E-state index >= 15 is 0 Å². The number of nitrogens with zero attached hydrogens (tertiary/aromatic N) is 4. The summed E-state index contributed by atoms with van der Waals surface area (Å²) in [7, 11) is 2.56. The summed E-state index contributed by atoms with van der Waals surface area (Å²) in [6.07, 6.45) is 1.97. The molecular weight excluding hydrogens is 396 g/mol. The van der Waals surface area contributed by atoms with Crippen molar-refractivity contribution in [1.29, 1.82) is 5.26 Å². The Balaban J connectivity index is 2.16. The van der Waals surface area contributed by atoms with E-state index in [-0.39, 0.29) is 23.5 Å². The van der Waals surface area contributed by atoms with Gasteiger partial charge in [0.15, 0.2) is 5.65 Å². The third-order valence-corrected chi connectivity index (χ3v) is 5.39. The second kappa shape index (κ2) is 7.84. The maximum absolute atomic E-state index is 12.8. The van der Waals surface area contributed by atoms with Gasteiger partial charge in [-0.05, 0) is 56.0 Å². The minimum absolute atomic E-state index is 0.0326. The van der Waals surface area contributed by atoms with Crippen LogP contribution in [-0.4, -0.2) is 40.7 Å². The Kier molecular flexibility index (Phi) is 5.19. The lowest BCUT2D eigenvalue weighted by Gasteiger charge is -2.17. The molecule has 2 aromatic heterocycles. The average molecular weight is 418 g/mol. The third kappa shape index (κ3) is 3.52. The Bertz CT molecular complexity index is 1230. The molecule has 0 spiro atoms. The van der Waals surface area contributed by atoms with Crippen LogP contribution in [0.2, 0.25) is 0 Å². The number of pyridine rings is 1. The van der Waals surface area contributed by atoms with Crippen molar-refractivity contribution in [2.24, 2.45) is 0 Å². The number of esters is 2. The molecule has 1 aliphatic rings. The standard InChI is InChI=1S/C23H22N4O4/c1-12-9-13(2)25-21-18(12)26-20(15-5-6-15)27(21)19-16(22(28)30-3)10-14(7-8-24)11-17(19)23(29)31-4/h9-11,15H,5-7H2,1-4H3. The zero-order valence-corrected chi connectivity index (χ0v) is 17.9. The van der Waals surface area contributed by atoms with Crippen molar-refractivity contribution in [2.45, 2.75) is 39.0 Å². The SMILES string of the molecule is COC(=O)c1cc(CC#N)cc(C(=O)OC)c1-n1c(C2CC2)nc2c(C)cc(C)nc21. The van der Waals surface area contributed by atoms with Crippen molar-refractivity contribution in [2.75, 3.05) is 14.2 Å². The van der Waals surface area contributed by atoms with E-state index in [2.05, 4.69) is 6.07 Å². The summed E-state index contributed by atoms with van der Waals surface area (Å²) in [5.74, 6) is -0.274. The molecule has 2 heterocycles. The van der Waals surface area contributed by atoms with E-state index in [0.717, 1.165) is 35.4 Å². The normalized spacial score (nSPS) is 13.1. The Hall–Kier alpha value is -3.73. The monoisotopic (exact) mass is 418 g/mol. The molecular formula is C23H22N4O4. The largest absolute Gasteiger partial charge is 0.465 e. The zero-order valence-electron chi connectivity index (χ0n) is 17.9. The molecule has 0 unspecified atom stereocenters. The fraction of sp³-hybridized carbons (Fsp3) is 0.348. The summed E-state index contributed by atoms with van der Waals surface area (Å²) in [6, 6.07) is 7.18. The van der Waals surface area contributed by atoms with E-state index in [1.807, 2.05) is 19.9 Å². The smallest absolute Gasteiger partial charge is 0.340 e. The maximum atomic E-state index is 12.8. The molecule has 8 heteroatoms. The number of hydrogen-bond acceptors (Lipinski definition) is 7. The van der Waals surface area contributed by atoms with Gasteiger partial charge in [0.25, 0.3) is 0 Å². The van der Waals surface area contributed by atoms with Crippen LogP contribution >= 0.6 is 0 Å². The van der Waals surface area contributed by atoms with Gasteiger partial charge in [-0.15, -0.1) is 0 Å². The molecule has 31 heavy (non-hydrogen) atoms. The molecule has 0 aliphatic heterocycles. The van der Waals surface area contributed by atoms with Crippen LogP contribution in [0.1, 0.15) is 62.1 Å². The van der Waals surface area contributed by atoms with Gasteiger partial charge in [0.05, 0.1) is 43.5 Å². The van der Waals surface area contributed by atoms with Crippen molar-refractivity contribution in [3.05, 3.63) is 52.0 Å². The number of carbonyl (C=O) groups excluding carboxylic acids is 2. The number of hydrogen-bond donors (Lipinski definition) is 0. The molecule has 4 rings (SSSR count). The quantitative estimate of drug-likeness (QED) is 0.583. The van der Waals surface area contributed by atoms with E-state index in [9.17, 15) is 9.59 Å². The summed E-state index contributed by atoms with van der Waals surface area (Å²) in [5, 5.41) is 9.17. The number of aryl methyl sites for hydroxylation is 2. The van der Waals surface area contributed by atoms with Crippen molar-refractivity contribution >= 4 is 23.1 Å². The molecule has 3 aromatic rings. The minimum Gasteiger partial charge on any atom is -0.465 e. The summed E-state index contributed by atoms with van der Waals surface area (Å²) < 4.78 is 11.8. The lowest BCUT2D eigenvalue weighted by molar-refractivity contribution is 0.0599. The van der Waals surface area contributed by atoms with Gasteiger partial charge in [-0.2, -0.15) is 5.26 Å². The highest BCUT2D eigenvalue weighted by Gasteiger charge is 2.34. The van der Waals surface area contributed by atoms with Crippen molar-refractivity contribution in [3.63, 3.8) is 0 Å². The van der Waals surface area contributed by atoms with Gasteiger partial charge in [0, 0.05) is 11.6 Å². The van der Waals surface area contributed by atoms with Crippen LogP contribution in [0.15, 0.2) is 18.2 Å². The van der Waals surface area contributed by atoms with E-state index in [4.69, 9.17) is 24.7 Å². The van der Waals surface area contributed by atoms with Crippen LogP contribution in [0.5, 0.6) is 0 Å². The lowest BCUT2D eigenvalue weighted by Crippen LogP contribution is -2.17. The first-order chi connectivity index (χ1) is 14.9. The fourth-order valence-electron chi connectivity index (χ4n) is 3.87. The topological polar surface area (TPSA) is 107 Å². The number of imidazole rings is 1. The molecule has 1 fully saturated rings. The molecule has 1 aromatic carbocycles. The molecule has 158 valence electrons.